The molecule has 20 heavy (non-hydrogen) atoms. The summed E-state index contributed by atoms with van der Waals surface area (Å²) in [7, 11) is 0. The zero-order chi connectivity index (χ0) is 14.5. The van der Waals surface area contributed by atoms with Gasteiger partial charge in [-0.1, -0.05) is 17.7 Å². The number of carbonyl (C=O) groups is 1. The molecule has 1 atom stereocenters. The molecule has 0 unspecified atom stereocenters. The van der Waals surface area contributed by atoms with Crippen LogP contribution in [0.5, 0.6) is 5.75 Å². The molecule has 2 rings (SSSR count). The molecule has 0 fully saturated rings. The molecule has 0 radical (unpaired) electrons. The summed E-state index contributed by atoms with van der Waals surface area (Å²) in [6, 6.07) is 3.56. The Balaban J connectivity index is 2.03. The van der Waals surface area contributed by atoms with Crippen molar-refractivity contribution in [3.05, 3.63) is 35.4 Å². The average molecular weight is 296 g/mol. The maximum atomic E-state index is 12.1. The normalized spacial score (nSPS) is 14.3. The van der Waals surface area contributed by atoms with Crippen LogP contribution in [0.3, 0.4) is 0 Å². The van der Waals surface area contributed by atoms with E-state index in [9.17, 15) is 4.79 Å². The summed E-state index contributed by atoms with van der Waals surface area (Å²) >= 11 is 6.04. The number of hydrogen-bond donors (Lipinski definition) is 1. The van der Waals surface area contributed by atoms with Crippen LogP contribution >= 0.6 is 11.6 Å². The predicted molar refractivity (Wildman–Crippen MR) is 79.5 cm³/mol. The highest BCUT2D eigenvalue weighted by Crippen LogP contribution is 2.36. The molecule has 108 valence electrons. The largest absolute Gasteiger partial charge is 0.491 e. The van der Waals surface area contributed by atoms with E-state index in [0.717, 1.165) is 12.0 Å². The fourth-order valence-corrected chi connectivity index (χ4v) is 2.24. The molecule has 0 spiro atoms. The highest BCUT2D eigenvalue weighted by molar-refractivity contribution is 6.31. The van der Waals surface area contributed by atoms with Crippen molar-refractivity contribution >= 4 is 23.2 Å². The third-order valence-corrected chi connectivity index (χ3v) is 3.28. The quantitative estimate of drug-likeness (QED) is 0.647. The van der Waals surface area contributed by atoms with Crippen LogP contribution < -0.4 is 10.1 Å². The van der Waals surface area contributed by atoms with E-state index in [1.54, 1.807) is 19.1 Å². The van der Waals surface area contributed by atoms with Gasteiger partial charge in [0, 0.05) is 17.0 Å². The maximum Gasteiger partial charge on any atom is 0.253 e. The number of fused-ring (bicyclic) bond motifs is 1. The second kappa shape index (κ2) is 6.77. The smallest absolute Gasteiger partial charge is 0.253 e. The molecular weight excluding hydrogens is 278 g/mol. The van der Waals surface area contributed by atoms with E-state index < -0.39 is 6.10 Å². The maximum absolute atomic E-state index is 12.1. The minimum Gasteiger partial charge on any atom is -0.491 e. The van der Waals surface area contributed by atoms with Crippen molar-refractivity contribution in [2.75, 3.05) is 18.5 Å². The van der Waals surface area contributed by atoms with Gasteiger partial charge in [-0.3, -0.25) is 4.79 Å². The Labute approximate surface area is 123 Å². The van der Waals surface area contributed by atoms with Gasteiger partial charge in [0.2, 0.25) is 0 Å². The molecule has 1 aliphatic heterocycles. The summed E-state index contributed by atoms with van der Waals surface area (Å²) in [6.45, 7) is 6.41. The zero-order valence-corrected chi connectivity index (χ0v) is 12.2. The second-order valence-electron chi connectivity index (χ2n) is 4.62. The fourth-order valence-electron chi connectivity index (χ4n) is 2.00. The first-order valence-corrected chi connectivity index (χ1v) is 6.98. The number of nitrogens with one attached hydrogen (secondary N) is 1. The Hall–Kier alpha value is -1.52. The van der Waals surface area contributed by atoms with Gasteiger partial charge < -0.3 is 14.8 Å². The number of ether oxygens (including phenoxy) is 2. The lowest BCUT2D eigenvalue weighted by molar-refractivity contribution is -0.126. The molecule has 1 amide bonds. The van der Waals surface area contributed by atoms with E-state index in [4.69, 9.17) is 21.1 Å². The van der Waals surface area contributed by atoms with E-state index in [2.05, 4.69) is 11.9 Å². The molecule has 0 saturated heterocycles. The molecule has 1 N–H and O–H groups in total. The van der Waals surface area contributed by atoms with Gasteiger partial charge in [0.1, 0.15) is 11.9 Å². The molecule has 0 aliphatic carbocycles. The second-order valence-corrected chi connectivity index (χ2v) is 5.06. The topological polar surface area (TPSA) is 47.6 Å². The van der Waals surface area contributed by atoms with Crippen LogP contribution in [-0.2, 0) is 16.0 Å². The summed E-state index contributed by atoms with van der Waals surface area (Å²) in [5, 5.41) is 3.40. The van der Waals surface area contributed by atoms with Gasteiger partial charge in [-0.15, -0.1) is 6.58 Å². The molecule has 1 aromatic carbocycles. The Bertz CT molecular complexity index is 516. The van der Waals surface area contributed by atoms with Crippen LogP contribution in [0.1, 0.15) is 18.9 Å². The monoisotopic (exact) mass is 295 g/mol. The first-order chi connectivity index (χ1) is 9.61. The summed E-state index contributed by atoms with van der Waals surface area (Å²) in [4.78, 5) is 12.1. The molecule has 0 aromatic heterocycles. The van der Waals surface area contributed by atoms with Crippen molar-refractivity contribution in [2.45, 2.75) is 25.9 Å². The van der Waals surface area contributed by atoms with Gasteiger partial charge in [-0.2, -0.15) is 0 Å². The van der Waals surface area contributed by atoms with Crippen molar-refractivity contribution in [1.82, 2.24) is 0 Å². The average Bonchev–Trinajstić information content (AvgIpc) is 2.86. The first-order valence-electron chi connectivity index (χ1n) is 6.60. The third-order valence-electron chi connectivity index (χ3n) is 3.07. The lowest BCUT2D eigenvalue weighted by Gasteiger charge is -2.15. The van der Waals surface area contributed by atoms with Crippen LogP contribution in [0.15, 0.2) is 24.8 Å². The van der Waals surface area contributed by atoms with E-state index in [0.29, 0.717) is 36.1 Å². The van der Waals surface area contributed by atoms with Crippen molar-refractivity contribution in [3.63, 3.8) is 0 Å². The lowest BCUT2D eigenvalue weighted by Crippen LogP contribution is -2.28. The number of rotatable bonds is 6. The Morgan fingerprint density at radius 3 is 3.20 bits per heavy atom. The molecule has 1 heterocycles. The Morgan fingerprint density at radius 1 is 1.65 bits per heavy atom. The van der Waals surface area contributed by atoms with Crippen molar-refractivity contribution in [3.8, 4) is 5.75 Å². The minimum absolute atomic E-state index is 0.214. The van der Waals surface area contributed by atoms with Crippen LogP contribution in [0.4, 0.5) is 5.69 Å². The van der Waals surface area contributed by atoms with Crippen LogP contribution in [-0.4, -0.2) is 25.2 Å². The number of carbonyl (C=O) groups excluding carboxylic acids is 1. The molecule has 1 aromatic rings. The highest BCUT2D eigenvalue weighted by atomic mass is 35.5. The molecule has 4 nitrogen and oxygen atoms in total. The lowest BCUT2D eigenvalue weighted by atomic mass is 10.1. The summed E-state index contributed by atoms with van der Waals surface area (Å²) in [6.07, 6.45) is 2.74. The standard InChI is InChI=1S/C15H18ClNO3/c1-3-4-6-19-10(2)15(18)17-13-9-12(16)8-11-5-7-20-14(11)13/h3,8-10H,1,4-7H2,2H3,(H,17,18)/t10-/m1/s1. The van der Waals surface area contributed by atoms with Gasteiger partial charge >= 0.3 is 0 Å². The SMILES string of the molecule is C=CCCO[C@H](C)C(=O)Nc1cc(Cl)cc2c1OCC2. The van der Waals surface area contributed by atoms with E-state index >= 15 is 0 Å². The fraction of sp³-hybridized carbons (Fsp3) is 0.400. The number of benzene rings is 1. The van der Waals surface area contributed by atoms with Crippen molar-refractivity contribution in [1.29, 1.82) is 0 Å². The molecule has 0 bridgehead atoms. The van der Waals surface area contributed by atoms with Gasteiger partial charge in [0.05, 0.1) is 18.9 Å². The number of halogens is 1. The zero-order valence-electron chi connectivity index (χ0n) is 11.4. The molecule has 0 saturated carbocycles. The summed E-state index contributed by atoms with van der Waals surface area (Å²) in [5.74, 6) is 0.495. The van der Waals surface area contributed by atoms with Gasteiger partial charge in [-0.05, 0) is 25.5 Å². The first kappa shape index (κ1) is 14.9. The van der Waals surface area contributed by atoms with E-state index in [1.807, 2.05) is 6.07 Å². The summed E-state index contributed by atoms with van der Waals surface area (Å²) in [5.41, 5.74) is 1.63. The number of hydrogen-bond acceptors (Lipinski definition) is 3. The molecule has 5 heteroatoms. The van der Waals surface area contributed by atoms with Crippen LogP contribution in [0, 0.1) is 0 Å². The predicted octanol–water partition coefficient (Wildman–Crippen LogP) is 3.19. The van der Waals surface area contributed by atoms with Crippen LogP contribution in [0.2, 0.25) is 5.02 Å². The van der Waals surface area contributed by atoms with Crippen LogP contribution in [0.25, 0.3) is 0 Å². The highest BCUT2D eigenvalue weighted by Gasteiger charge is 2.21. The van der Waals surface area contributed by atoms with Gasteiger partial charge in [0.25, 0.3) is 5.91 Å². The van der Waals surface area contributed by atoms with Gasteiger partial charge in [0.15, 0.2) is 0 Å². The minimum atomic E-state index is -0.536. The molecular formula is C15H18ClNO3. The van der Waals surface area contributed by atoms with Crippen molar-refractivity contribution in [2.24, 2.45) is 0 Å². The molecule has 1 aliphatic rings. The van der Waals surface area contributed by atoms with E-state index in [1.165, 1.54) is 0 Å². The number of anilines is 1. The Kier molecular flexibility index (Phi) is 5.04. The summed E-state index contributed by atoms with van der Waals surface area (Å²) < 4.78 is 10.9. The third kappa shape index (κ3) is 3.52. The number of amides is 1. The van der Waals surface area contributed by atoms with Gasteiger partial charge in [-0.25, -0.2) is 0 Å². The Morgan fingerprint density at radius 2 is 2.45 bits per heavy atom. The van der Waals surface area contributed by atoms with Crippen molar-refractivity contribution < 1.29 is 14.3 Å². The van der Waals surface area contributed by atoms with E-state index in [-0.39, 0.29) is 5.91 Å².